The molecule has 0 radical (unpaired) electrons. The van der Waals surface area contributed by atoms with Crippen molar-refractivity contribution >= 4 is 16.8 Å². The number of rotatable bonds is 5. The van der Waals surface area contributed by atoms with Crippen LogP contribution in [0.4, 0.5) is 0 Å². The third-order valence-electron chi connectivity index (χ3n) is 3.81. The molecule has 0 spiro atoms. The summed E-state index contributed by atoms with van der Waals surface area (Å²) in [6, 6.07) is 9.86. The van der Waals surface area contributed by atoms with Crippen LogP contribution in [0.15, 0.2) is 42.5 Å². The number of benzene rings is 1. The molecule has 1 N–H and O–H groups in total. The Bertz CT molecular complexity index is 687. The standard InChI is InChI=1S/C18H20N2O/c1-2-3-6-11-19-18(21)15-12-17(13-9-10-13)20-16-8-5-4-7-14(15)16/h2-5,7-8,12-13H,6,9-11H2,1H3,(H,19,21)/b3-2+. The van der Waals surface area contributed by atoms with Gasteiger partial charge in [-0.25, -0.2) is 0 Å². The molecule has 3 rings (SSSR count). The summed E-state index contributed by atoms with van der Waals surface area (Å²) < 4.78 is 0. The van der Waals surface area contributed by atoms with Gasteiger partial charge in [-0.15, -0.1) is 0 Å². The number of amides is 1. The normalized spacial score (nSPS) is 14.7. The smallest absolute Gasteiger partial charge is 0.252 e. The summed E-state index contributed by atoms with van der Waals surface area (Å²) in [5, 5.41) is 3.93. The maximum atomic E-state index is 12.5. The lowest BCUT2D eigenvalue weighted by atomic mass is 10.1. The van der Waals surface area contributed by atoms with Gasteiger partial charge in [-0.2, -0.15) is 0 Å². The van der Waals surface area contributed by atoms with E-state index in [2.05, 4.69) is 11.4 Å². The Labute approximate surface area is 125 Å². The SMILES string of the molecule is C/C=C/CCNC(=O)c1cc(C2CC2)nc2ccccc12. The molecule has 1 amide bonds. The van der Waals surface area contributed by atoms with Gasteiger partial charge in [-0.1, -0.05) is 30.4 Å². The fourth-order valence-corrected chi connectivity index (χ4v) is 2.50. The van der Waals surface area contributed by atoms with Gasteiger partial charge in [0.2, 0.25) is 0 Å². The summed E-state index contributed by atoms with van der Waals surface area (Å²) >= 11 is 0. The average Bonchev–Trinajstić information content (AvgIpc) is 3.35. The molecule has 1 aliphatic rings. The van der Waals surface area contributed by atoms with Gasteiger partial charge in [0.15, 0.2) is 0 Å². The van der Waals surface area contributed by atoms with Gasteiger partial charge in [0.25, 0.3) is 5.91 Å². The first kappa shape index (κ1) is 13.8. The van der Waals surface area contributed by atoms with E-state index in [1.807, 2.05) is 43.3 Å². The molecule has 2 aromatic rings. The molecule has 3 nitrogen and oxygen atoms in total. The summed E-state index contributed by atoms with van der Waals surface area (Å²) in [7, 11) is 0. The molecule has 0 saturated heterocycles. The molecule has 21 heavy (non-hydrogen) atoms. The van der Waals surface area contributed by atoms with E-state index in [9.17, 15) is 4.79 Å². The second kappa shape index (κ2) is 6.08. The van der Waals surface area contributed by atoms with Crippen LogP contribution in [0.5, 0.6) is 0 Å². The van der Waals surface area contributed by atoms with Crippen LogP contribution in [0, 0.1) is 0 Å². The van der Waals surface area contributed by atoms with Crippen molar-refractivity contribution in [2.24, 2.45) is 0 Å². The van der Waals surface area contributed by atoms with Gasteiger partial charge in [-0.3, -0.25) is 9.78 Å². The highest BCUT2D eigenvalue weighted by Gasteiger charge is 2.26. The summed E-state index contributed by atoms with van der Waals surface area (Å²) in [6.07, 6.45) is 7.29. The van der Waals surface area contributed by atoms with Crippen molar-refractivity contribution in [3.05, 3.63) is 53.7 Å². The van der Waals surface area contributed by atoms with Crippen LogP contribution in [0.3, 0.4) is 0 Å². The van der Waals surface area contributed by atoms with Crippen molar-refractivity contribution in [2.45, 2.75) is 32.1 Å². The number of para-hydroxylation sites is 1. The molecule has 0 aliphatic heterocycles. The number of nitrogens with zero attached hydrogens (tertiary/aromatic N) is 1. The van der Waals surface area contributed by atoms with E-state index in [1.165, 1.54) is 12.8 Å². The topological polar surface area (TPSA) is 42.0 Å². The summed E-state index contributed by atoms with van der Waals surface area (Å²) in [5.41, 5.74) is 2.73. The van der Waals surface area contributed by atoms with E-state index in [0.717, 1.165) is 28.6 Å². The minimum atomic E-state index is 0.00000283. The van der Waals surface area contributed by atoms with Gasteiger partial charge in [-0.05, 0) is 38.3 Å². The largest absolute Gasteiger partial charge is 0.352 e. The van der Waals surface area contributed by atoms with Crippen LogP contribution in [-0.2, 0) is 0 Å². The van der Waals surface area contributed by atoms with Crippen molar-refractivity contribution in [3.8, 4) is 0 Å². The van der Waals surface area contributed by atoms with Crippen molar-refractivity contribution in [3.63, 3.8) is 0 Å². The number of aromatic nitrogens is 1. The molecular weight excluding hydrogens is 260 g/mol. The quantitative estimate of drug-likeness (QED) is 0.668. The maximum absolute atomic E-state index is 12.5. The molecule has 0 bridgehead atoms. The Kier molecular flexibility index (Phi) is 4.00. The lowest BCUT2D eigenvalue weighted by molar-refractivity contribution is 0.0956. The van der Waals surface area contributed by atoms with Crippen molar-refractivity contribution in [1.29, 1.82) is 0 Å². The monoisotopic (exact) mass is 280 g/mol. The zero-order valence-electron chi connectivity index (χ0n) is 12.3. The molecule has 0 atom stereocenters. The Balaban J connectivity index is 1.90. The first-order valence-corrected chi connectivity index (χ1v) is 7.58. The van der Waals surface area contributed by atoms with E-state index in [4.69, 9.17) is 4.98 Å². The zero-order chi connectivity index (χ0) is 14.7. The van der Waals surface area contributed by atoms with E-state index in [0.29, 0.717) is 12.5 Å². The first-order valence-electron chi connectivity index (χ1n) is 7.58. The van der Waals surface area contributed by atoms with Gasteiger partial charge in [0.1, 0.15) is 0 Å². The van der Waals surface area contributed by atoms with Crippen molar-refractivity contribution in [2.75, 3.05) is 6.54 Å². The number of nitrogens with one attached hydrogen (secondary N) is 1. The molecule has 108 valence electrons. The Hall–Kier alpha value is -2.16. The average molecular weight is 280 g/mol. The highest BCUT2D eigenvalue weighted by Crippen LogP contribution is 2.40. The minimum absolute atomic E-state index is 0.00000283. The third kappa shape index (κ3) is 3.13. The van der Waals surface area contributed by atoms with E-state index in [-0.39, 0.29) is 5.91 Å². The number of hydrogen-bond acceptors (Lipinski definition) is 2. The van der Waals surface area contributed by atoms with Crippen molar-refractivity contribution in [1.82, 2.24) is 10.3 Å². The molecule has 0 unspecified atom stereocenters. The molecular formula is C18H20N2O. The van der Waals surface area contributed by atoms with Crippen LogP contribution in [0.2, 0.25) is 0 Å². The highest BCUT2D eigenvalue weighted by molar-refractivity contribution is 6.06. The first-order chi connectivity index (χ1) is 10.3. The zero-order valence-corrected chi connectivity index (χ0v) is 12.3. The van der Waals surface area contributed by atoms with Gasteiger partial charge in [0.05, 0.1) is 11.1 Å². The molecule has 1 fully saturated rings. The fourth-order valence-electron chi connectivity index (χ4n) is 2.50. The predicted octanol–water partition coefficient (Wildman–Crippen LogP) is 3.81. The van der Waals surface area contributed by atoms with Crippen LogP contribution in [0.25, 0.3) is 10.9 Å². The Morgan fingerprint density at radius 2 is 2.19 bits per heavy atom. The van der Waals surface area contributed by atoms with E-state index >= 15 is 0 Å². The van der Waals surface area contributed by atoms with Crippen LogP contribution >= 0.6 is 0 Å². The molecule has 3 heteroatoms. The van der Waals surface area contributed by atoms with Gasteiger partial charge < -0.3 is 5.32 Å². The number of hydrogen-bond donors (Lipinski definition) is 1. The second-order valence-corrected chi connectivity index (χ2v) is 5.50. The van der Waals surface area contributed by atoms with Gasteiger partial charge >= 0.3 is 0 Å². The predicted molar refractivity (Wildman–Crippen MR) is 85.5 cm³/mol. The molecule has 1 heterocycles. The lowest BCUT2D eigenvalue weighted by Crippen LogP contribution is -2.24. The van der Waals surface area contributed by atoms with Gasteiger partial charge in [0, 0.05) is 23.5 Å². The Morgan fingerprint density at radius 1 is 1.38 bits per heavy atom. The maximum Gasteiger partial charge on any atom is 0.252 e. The number of carbonyl (C=O) groups excluding carboxylic acids is 1. The van der Waals surface area contributed by atoms with Crippen molar-refractivity contribution < 1.29 is 4.79 Å². The van der Waals surface area contributed by atoms with E-state index < -0.39 is 0 Å². The van der Waals surface area contributed by atoms with Crippen LogP contribution in [0.1, 0.15) is 48.2 Å². The third-order valence-corrected chi connectivity index (χ3v) is 3.81. The second-order valence-electron chi connectivity index (χ2n) is 5.50. The summed E-state index contributed by atoms with van der Waals surface area (Å²) in [6.45, 7) is 2.65. The number of fused-ring (bicyclic) bond motifs is 1. The lowest BCUT2D eigenvalue weighted by Gasteiger charge is -2.09. The van der Waals surface area contributed by atoms with Crippen LogP contribution in [-0.4, -0.2) is 17.4 Å². The highest BCUT2D eigenvalue weighted by atomic mass is 16.1. The minimum Gasteiger partial charge on any atom is -0.352 e. The molecule has 1 saturated carbocycles. The molecule has 1 aliphatic carbocycles. The summed E-state index contributed by atoms with van der Waals surface area (Å²) in [5.74, 6) is 0.546. The Morgan fingerprint density at radius 3 is 2.95 bits per heavy atom. The fraction of sp³-hybridized carbons (Fsp3) is 0.333. The number of allylic oxidation sites excluding steroid dienone is 1. The molecule has 1 aromatic carbocycles. The van der Waals surface area contributed by atoms with Crippen LogP contribution < -0.4 is 5.32 Å². The van der Waals surface area contributed by atoms with E-state index in [1.54, 1.807) is 0 Å². The number of pyridine rings is 1. The summed E-state index contributed by atoms with van der Waals surface area (Å²) in [4.78, 5) is 17.2. The molecule has 1 aromatic heterocycles. The number of carbonyl (C=O) groups is 1.